The molecule has 1 saturated heterocycles. The predicted molar refractivity (Wildman–Crippen MR) is 60.4 cm³/mol. The molecule has 2 heteroatoms. The van der Waals surface area contributed by atoms with Crippen LogP contribution in [0.2, 0.25) is 0 Å². The number of likely N-dealkylation sites (tertiary alicyclic amines) is 1. The van der Waals surface area contributed by atoms with Crippen LogP contribution in [0.25, 0.3) is 0 Å². The Morgan fingerprint density at radius 2 is 1.77 bits per heavy atom. The molecule has 1 aliphatic carbocycles. The van der Waals surface area contributed by atoms with Crippen LogP contribution >= 0.6 is 12.6 Å². The van der Waals surface area contributed by atoms with Gasteiger partial charge in [-0.25, -0.2) is 0 Å². The molecular formula is C11H21NS. The van der Waals surface area contributed by atoms with E-state index >= 15 is 0 Å². The Hall–Kier alpha value is 0.310. The highest BCUT2D eigenvalue weighted by Crippen LogP contribution is 2.45. The SMILES string of the molecule is CC(C)N1CC2(CCC(S)CC2)C1. The van der Waals surface area contributed by atoms with Crippen LogP contribution in [0.4, 0.5) is 0 Å². The van der Waals surface area contributed by atoms with E-state index in [4.69, 9.17) is 0 Å². The van der Waals surface area contributed by atoms with Crippen LogP contribution < -0.4 is 0 Å². The molecule has 0 aromatic carbocycles. The Morgan fingerprint density at radius 1 is 1.23 bits per heavy atom. The van der Waals surface area contributed by atoms with Gasteiger partial charge in [-0.05, 0) is 44.9 Å². The molecule has 0 amide bonds. The monoisotopic (exact) mass is 199 g/mol. The quantitative estimate of drug-likeness (QED) is 0.635. The van der Waals surface area contributed by atoms with Crippen molar-refractivity contribution in [3.8, 4) is 0 Å². The lowest BCUT2D eigenvalue weighted by molar-refractivity contribution is -0.0454. The summed E-state index contributed by atoms with van der Waals surface area (Å²) in [5.74, 6) is 0. The van der Waals surface area contributed by atoms with Crippen LogP contribution in [0.1, 0.15) is 39.5 Å². The van der Waals surface area contributed by atoms with Crippen molar-refractivity contribution in [2.75, 3.05) is 13.1 Å². The zero-order valence-corrected chi connectivity index (χ0v) is 9.69. The maximum Gasteiger partial charge on any atom is 0.00532 e. The number of nitrogens with zero attached hydrogens (tertiary/aromatic N) is 1. The molecule has 2 aliphatic rings. The van der Waals surface area contributed by atoms with E-state index in [-0.39, 0.29) is 0 Å². The summed E-state index contributed by atoms with van der Waals surface area (Å²) in [6, 6.07) is 0.749. The molecule has 76 valence electrons. The number of rotatable bonds is 1. The molecule has 13 heavy (non-hydrogen) atoms. The van der Waals surface area contributed by atoms with E-state index in [2.05, 4.69) is 31.4 Å². The molecule has 1 heterocycles. The summed E-state index contributed by atoms with van der Waals surface area (Å²) < 4.78 is 0. The molecule has 1 aliphatic heterocycles. The van der Waals surface area contributed by atoms with E-state index in [1.165, 1.54) is 38.8 Å². The number of hydrogen-bond donors (Lipinski definition) is 1. The molecule has 2 rings (SSSR count). The molecule has 0 aromatic rings. The number of thiol groups is 1. The highest BCUT2D eigenvalue weighted by molar-refractivity contribution is 7.80. The maximum atomic E-state index is 4.55. The third kappa shape index (κ3) is 1.89. The van der Waals surface area contributed by atoms with Crippen molar-refractivity contribution in [2.45, 2.75) is 50.8 Å². The van der Waals surface area contributed by atoms with Crippen LogP contribution in [0.15, 0.2) is 0 Å². The van der Waals surface area contributed by atoms with E-state index < -0.39 is 0 Å². The smallest absolute Gasteiger partial charge is 0.00532 e. The first-order valence-corrected chi connectivity index (χ1v) is 6.05. The van der Waals surface area contributed by atoms with Crippen molar-refractivity contribution in [1.29, 1.82) is 0 Å². The molecule has 1 nitrogen and oxygen atoms in total. The summed E-state index contributed by atoms with van der Waals surface area (Å²) in [4.78, 5) is 2.60. The molecule has 0 N–H and O–H groups in total. The van der Waals surface area contributed by atoms with Gasteiger partial charge in [-0.2, -0.15) is 12.6 Å². The minimum absolute atomic E-state index is 0.693. The van der Waals surface area contributed by atoms with Gasteiger partial charge in [0.15, 0.2) is 0 Å². The van der Waals surface area contributed by atoms with Crippen molar-refractivity contribution >= 4 is 12.6 Å². The highest BCUT2D eigenvalue weighted by atomic mass is 32.1. The third-order valence-corrected chi connectivity index (χ3v) is 4.34. The van der Waals surface area contributed by atoms with Crippen LogP contribution in [-0.4, -0.2) is 29.3 Å². The molecule has 0 atom stereocenters. The van der Waals surface area contributed by atoms with Gasteiger partial charge in [-0.1, -0.05) is 0 Å². The summed E-state index contributed by atoms with van der Waals surface area (Å²) in [5.41, 5.74) is 0.712. The van der Waals surface area contributed by atoms with Gasteiger partial charge < -0.3 is 0 Å². The fourth-order valence-electron chi connectivity index (χ4n) is 2.71. The first-order chi connectivity index (χ1) is 6.11. The molecule has 2 fully saturated rings. The molecular weight excluding hydrogens is 178 g/mol. The fraction of sp³-hybridized carbons (Fsp3) is 1.00. The minimum Gasteiger partial charge on any atom is -0.300 e. The van der Waals surface area contributed by atoms with E-state index in [1.54, 1.807) is 0 Å². The lowest BCUT2D eigenvalue weighted by atomic mass is 9.68. The molecule has 1 saturated carbocycles. The summed E-state index contributed by atoms with van der Waals surface area (Å²) in [6.07, 6.45) is 5.53. The lowest BCUT2D eigenvalue weighted by Gasteiger charge is -2.55. The Morgan fingerprint density at radius 3 is 2.23 bits per heavy atom. The van der Waals surface area contributed by atoms with E-state index in [0.717, 1.165) is 6.04 Å². The Kier molecular flexibility index (Phi) is 2.63. The second-order valence-corrected chi connectivity index (χ2v) is 5.96. The fourth-order valence-corrected chi connectivity index (χ4v) is 2.97. The van der Waals surface area contributed by atoms with Gasteiger partial charge in [-0.3, -0.25) is 4.90 Å². The zero-order chi connectivity index (χ0) is 9.47. The predicted octanol–water partition coefficient (Wildman–Crippen LogP) is 2.57. The Labute approximate surface area is 87.3 Å². The van der Waals surface area contributed by atoms with Gasteiger partial charge in [-0.15, -0.1) is 0 Å². The molecule has 0 unspecified atom stereocenters. The average Bonchev–Trinajstić information content (AvgIpc) is 2.02. The Bertz CT molecular complexity index is 175. The van der Waals surface area contributed by atoms with Gasteiger partial charge in [0.05, 0.1) is 0 Å². The van der Waals surface area contributed by atoms with Crippen LogP contribution in [0.5, 0.6) is 0 Å². The summed E-state index contributed by atoms with van der Waals surface area (Å²) in [6.45, 7) is 7.31. The second kappa shape index (κ2) is 3.47. The van der Waals surface area contributed by atoms with Crippen LogP contribution in [0, 0.1) is 5.41 Å². The summed E-state index contributed by atoms with van der Waals surface area (Å²) >= 11 is 4.55. The normalized spacial score (nSPS) is 29.5. The Balaban J connectivity index is 1.83. The second-order valence-electron chi connectivity index (χ2n) is 5.23. The summed E-state index contributed by atoms with van der Waals surface area (Å²) in [7, 11) is 0. The highest BCUT2D eigenvalue weighted by Gasteiger charge is 2.44. The van der Waals surface area contributed by atoms with Gasteiger partial charge in [0.2, 0.25) is 0 Å². The number of hydrogen-bond acceptors (Lipinski definition) is 2. The molecule has 0 radical (unpaired) electrons. The van der Waals surface area contributed by atoms with Gasteiger partial charge in [0, 0.05) is 24.4 Å². The van der Waals surface area contributed by atoms with Crippen molar-refractivity contribution in [3.63, 3.8) is 0 Å². The van der Waals surface area contributed by atoms with Crippen molar-refractivity contribution in [1.82, 2.24) is 4.90 Å². The minimum atomic E-state index is 0.693. The van der Waals surface area contributed by atoms with Crippen LogP contribution in [0.3, 0.4) is 0 Å². The molecule has 1 spiro atoms. The van der Waals surface area contributed by atoms with Crippen molar-refractivity contribution in [3.05, 3.63) is 0 Å². The van der Waals surface area contributed by atoms with Crippen LogP contribution in [-0.2, 0) is 0 Å². The third-order valence-electron chi connectivity index (χ3n) is 3.82. The zero-order valence-electron chi connectivity index (χ0n) is 8.79. The lowest BCUT2D eigenvalue weighted by Crippen LogP contribution is -2.59. The van der Waals surface area contributed by atoms with E-state index in [9.17, 15) is 0 Å². The topological polar surface area (TPSA) is 3.24 Å². The first-order valence-electron chi connectivity index (χ1n) is 5.53. The van der Waals surface area contributed by atoms with Gasteiger partial charge in [0.1, 0.15) is 0 Å². The van der Waals surface area contributed by atoms with E-state index in [0.29, 0.717) is 10.7 Å². The van der Waals surface area contributed by atoms with Gasteiger partial charge >= 0.3 is 0 Å². The van der Waals surface area contributed by atoms with Crippen molar-refractivity contribution < 1.29 is 0 Å². The van der Waals surface area contributed by atoms with E-state index in [1.807, 2.05) is 0 Å². The molecule has 0 aromatic heterocycles. The first kappa shape index (κ1) is 9.85. The van der Waals surface area contributed by atoms with Crippen molar-refractivity contribution in [2.24, 2.45) is 5.41 Å². The maximum absolute atomic E-state index is 4.55. The largest absolute Gasteiger partial charge is 0.300 e. The summed E-state index contributed by atoms with van der Waals surface area (Å²) in [5, 5.41) is 0.693. The standard InChI is InChI=1S/C11H21NS/c1-9(2)12-7-11(8-12)5-3-10(13)4-6-11/h9-10,13H,3-8H2,1-2H3. The average molecular weight is 199 g/mol. The van der Waals surface area contributed by atoms with Gasteiger partial charge in [0.25, 0.3) is 0 Å². The molecule has 0 bridgehead atoms.